The fourth-order valence-corrected chi connectivity index (χ4v) is 3.00. The molecule has 1 aromatic carbocycles. The fourth-order valence-electron chi connectivity index (χ4n) is 3.00. The Morgan fingerprint density at radius 2 is 1.59 bits per heavy atom. The highest BCUT2D eigenvalue weighted by Crippen LogP contribution is 2.32. The third kappa shape index (κ3) is 4.69. The number of benzene rings is 1. The van der Waals surface area contributed by atoms with E-state index in [1.807, 2.05) is 0 Å². The Morgan fingerprint density at radius 1 is 0.931 bits per heavy atom. The van der Waals surface area contributed by atoms with E-state index in [2.05, 4.69) is 10.3 Å². The zero-order chi connectivity index (χ0) is 21.4. The van der Waals surface area contributed by atoms with Gasteiger partial charge in [-0.2, -0.15) is 26.3 Å². The lowest BCUT2D eigenvalue weighted by Gasteiger charge is -2.14. The van der Waals surface area contributed by atoms with Crippen LogP contribution in [-0.2, 0) is 17.1 Å². The summed E-state index contributed by atoms with van der Waals surface area (Å²) in [5.41, 5.74) is -3.21. The van der Waals surface area contributed by atoms with Crippen molar-refractivity contribution in [3.8, 4) is 0 Å². The number of halogens is 6. The van der Waals surface area contributed by atoms with Crippen LogP contribution in [0.4, 0.5) is 26.3 Å². The molecule has 1 atom stereocenters. The average molecular weight is 416 g/mol. The SMILES string of the molecule is O=C1CC[C@H](/C=C(/c2ccc(C(F)(F)F)cc2)c2ccc(C(F)(F)F)c(=O)[nH]2)N1. The summed E-state index contributed by atoms with van der Waals surface area (Å²) in [6.07, 6.45) is -7.24. The van der Waals surface area contributed by atoms with Crippen LogP contribution in [0.2, 0.25) is 0 Å². The summed E-state index contributed by atoms with van der Waals surface area (Å²) in [6.45, 7) is 0. The number of amides is 1. The van der Waals surface area contributed by atoms with Gasteiger partial charge in [0.15, 0.2) is 0 Å². The maximum absolute atomic E-state index is 12.8. The van der Waals surface area contributed by atoms with E-state index in [-0.39, 0.29) is 29.2 Å². The second-order valence-corrected chi connectivity index (χ2v) is 6.48. The molecule has 2 heterocycles. The second-order valence-electron chi connectivity index (χ2n) is 6.48. The number of alkyl halides is 6. The Hall–Kier alpha value is -3.04. The van der Waals surface area contributed by atoms with E-state index >= 15 is 0 Å². The highest BCUT2D eigenvalue weighted by atomic mass is 19.4. The summed E-state index contributed by atoms with van der Waals surface area (Å²) in [7, 11) is 0. The molecule has 1 saturated heterocycles. The van der Waals surface area contributed by atoms with E-state index < -0.39 is 35.1 Å². The lowest BCUT2D eigenvalue weighted by molar-refractivity contribution is -0.139. The first kappa shape index (κ1) is 20.7. The molecule has 2 aromatic rings. The number of nitrogens with one attached hydrogen (secondary N) is 2. The van der Waals surface area contributed by atoms with E-state index in [4.69, 9.17) is 0 Å². The number of carbonyl (C=O) groups is 1. The first-order chi connectivity index (χ1) is 13.4. The van der Waals surface area contributed by atoms with Crippen LogP contribution in [0.25, 0.3) is 5.57 Å². The van der Waals surface area contributed by atoms with Gasteiger partial charge in [-0.15, -0.1) is 0 Å². The van der Waals surface area contributed by atoms with E-state index in [1.54, 1.807) is 0 Å². The van der Waals surface area contributed by atoms with E-state index in [0.717, 1.165) is 30.3 Å². The molecule has 0 radical (unpaired) electrons. The standard InChI is InChI=1S/C19H14F6N2O2/c20-18(21,22)11-3-1-10(2-4-11)13(9-12-5-8-16(28)26-12)15-7-6-14(17(29)27-15)19(23,24)25/h1-4,6-7,9,12H,5,8H2,(H,26,28)(H,27,29)/b13-9-/t12-/m1/s1. The van der Waals surface area contributed by atoms with Gasteiger partial charge in [0.25, 0.3) is 5.56 Å². The number of aromatic nitrogens is 1. The predicted octanol–water partition coefficient (Wildman–Crippen LogP) is 4.12. The lowest BCUT2D eigenvalue weighted by Crippen LogP contribution is -2.24. The van der Waals surface area contributed by atoms with Gasteiger partial charge in [0.05, 0.1) is 5.56 Å². The molecule has 1 aromatic heterocycles. The minimum atomic E-state index is -4.84. The maximum Gasteiger partial charge on any atom is 0.421 e. The number of aromatic amines is 1. The summed E-state index contributed by atoms with van der Waals surface area (Å²) in [6, 6.07) is 5.15. The van der Waals surface area contributed by atoms with Crippen LogP contribution in [0.3, 0.4) is 0 Å². The Kier molecular flexibility index (Phi) is 5.29. The van der Waals surface area contributed by atoms with Crippen LogP contribution in [-0.4, -0.2) is 16.9 Å². The fraction of sp³-hybridized carbons (Fsp3) is 0.263. The molecule has 3 rings (SSSR count). The van der Waals surface area contributed by atoms with Gasteiger partial charge < -0.3 is 10.3 Å². The van der Waals surface area contributed by atoms with Gasteiger partial charge in [0.2, 0.25) is 5.91 Å². The number of carbonyl (C=O) groups excluding carboxylic acids is 1. The molecular weight excluding hydrogens is 402 g/mol. The average Bonchev–Trinajstić information content (AvgIpc) is 3.03. The van der Waals surface area contributed by atoms with E-state index in [1.165, 1.54) is 6.08 Å². The van der Waals surface area contributed by atoms with Crippen molar-refractivity contribution in [2.24, 2.45) is 0 Å². The minimum absolute atomic E-state index is 0.0103. The Morgan fingerprint density at radius 3 is 2.07 bits per heavy atom. The molecule has 0 spiro atoms. The zero-order valence-corrected chi connectivity index (χ0v) is 14.6. The third-order valence-corrected chi connectivity index (χ3v) is 4.42. The smallest absolute Gasteiger partial charge is 0.350 e. The molecule has 4 nitrogen and oxygen atoms in total. The first-order valence-corrected chi connectivity index (χ1v) is 8.45. The molecule has 1 aliphatic rings. The third-order valence-electron chi connectivity index (χ3n) is 4.42. The van der Waals surface area contributed by atoms with Crippen molar-refractivity contribution in [3.05, 3.63) is 75.2 Å². The molecule has 1 fully saturated rings. The Labute approximate surface area is 160 Å². The molecule has 29 heavy (non-hydrogen) atoms. The molecular formula is C19H14F6N2O2. The van der Waals surface area contributed by atoms with Gasteiger partial charge >= 0.3 is 12.4 Å². The van der Waals surface area contributed by atoms with Crippen molar-refractivity contribution in [1.82, 2.24) is 10.3 Å². The second kappa shape index (κ2) is 7.41. The van der Waals surface area contributed by atoms with Crippen molar-refractivity contribution in [3.63, 3.8) is 0 Å². The number of pyridine rings is 1. The van der Waals surface area contributed by atoms with Crippen LogP contribution < -0.4 is 10.9 Å². The monoisotopic (exact) mass is 416 g/mol. The van der Waals surface area contributed by atoms with E-state index in [0.29, 0.717) is 12.5 Å². The number of hydrogen-bond acceptors (Lipinski definition) is 2. The zero-order valence-electron chi connectivity index (χ0n) is 14.6. The van der Waals surface area contributed by atoms with Gasteiger partial charge in [0.1, 0.15) is 5.56 Å². The normalized spacial score (nSPS) is 18.1. The van der Waals surface area contributed by atoms with Gasteiger partial charge in [-0.1, -0.05) is 18.2 Å². The summed E-state index contributed by atoms with van der Waals surface area (Å²) in [5, 5.41) is 2.64. The van der Waals surface area contributed by atoms with Crippen molar-refractivity contribution in [2.45, 2.75) is 31.2 Å². The maximum atomic E-state index is 12.8. The topological polar surface area (TPSA) is 62.0 Å². The first-order valence-electron chi connectivity index (χ1n) is 8.45. The van der Waals surface area contributed by atoms with Gasteiger partial charge in [0, 0.05) is 23.7 Å². The van der Waals surface area contributed by atoms with Crippen molar-refractivity contribution >= 4 is 11.5 Å². The van der Waals surface area contributed by atoms with Gasteiger partial charge in [-0.3, -0.25) is 9.59 Å². The van der Waals surface area contributed by atoms with Crippen molar-refractivity contribution in [1.29, 1.82) is 0 Å². The van der Waals surface area contributed by atoms with Crippen LogP contribution in [0.15, 0.2) is 47.3 Å². The highest BCUT2D eigenvalue weighted by Gasteiger charge is 2.34. The van der Waals surface area contributed by atoms with Gasteiger partial charge in [-0.05, 0) is 36.2 Å². The predicted molar refractivity (Wildman–Crippen MR) is 91.8 cm³/mol. The summed E-state index contributed by atoms with van der Waals surface area (Å²) >= 11 is 0. The summed E-state index contributed by atoms with van der Waals surface area (Å²) in [5.74, 6) is -0.223. The van der Waals surface area contributed by atoms with E-state index in [9.17, 15) is 35.9 Å². The Bertz CT molecular complexity index is 1000. The molecule has 154 valence electrons. The summed E-state index contributed by atoms with van der Waals surface area (Å²) < 4.78 is 76.9. The van der Waals surface area contributed by atoms with Crippen LogP contribution in [0.1, 0.15) is 35.2 Å². The minimum Gasteiger partial charge on any atom is -0.350 e. The molecule has 0 bridgehead atoms. The van der Waals surface area contributed by atoms with Crippen LogP contribution in [0.5, 0.6) is 0 Å². The quantitative estimate of drug-likeness (QED) is 0.740. The molecule has 0 aliphatic carbocycles. The molecule has 0 unspecified atom stereocenters. The molecule has 2 N–H and O–H groups in total. The molecule has 1 amide bonds. The summed E-state index contributed by atoms with van der Waals surface area (Å²) in [4.78, 5) is 25.4. The Balaban J connectivity index is 2.07. The molecule has 10 heteroatoms. The highest BCUT2D eigenvalue weighted by molar-refractivity contribution is 5.82. The molecule has 0 saturated carbocycles. The van der Waals surface area contributed by atoms with Crippen LogP contribution in [0, 0.1) is 0 Å². The van der Waals surface area contributed by atoms with Crippen molar-refractivity contribution < 1.29 is 31.1 Å². The largest absolute Gasteiger partial charge is 0.421 e. The number of rotatable bonds is 3. The number of H-pyrrole nitrogens is 1. The lowest BCUT2D eigenvalue weighted by atomic mass is 9.97. The molecule has 1 aliphatic heterocycles. The van der Waals surface area contributed by atoms with Crippen molar-refractivity contribution in [2.75, 3.05) is 0 Å². The number of hydrogen-bond donors (Lipinski definition) is 2. The van der Waals surface area contributed by atoms with Gasteiger partial charge in [-0.25, -0.2) is 0 Å². The van der Waals surface area contributed by atoms with Crippen LogP contribution >= 0.6 is 0 Å².